The molecule has 0 aliphatic carbocycles. The molecule has 0 heterocycles. The van der Waals surface area contributed by atoms with Crippen LogP contribution in [0, 0.1) is 20.8 Å². The van der Waals surface area contributed by atoms with Gasteiger partial charge in [0.05, 0.1) is 5.75 Å². The Morgan fingerprint density at radius 1 is 0.968 bits per heavy atom. The van der Waals surface area contributed by atoms with Crippen molar-refractivity contribution < 1.29 is 9.59 Å². The highest BCUT2D eigenvalue weighted by Crippen LogP contribution is 2.18. The molecule has 0 unspecified atom stereocenters. The molecule has 0 aliphatic rings. The smallest absolute Gasteiger partial charge is 0.242 e. The van der Waals surface area contributed by atoms with Crippen molar-refractivity contribution in [1.29, 1.82) is 0 Å². The topological polar surface area (TPSA) is 49.4 Å². The van der Waals surface area contributed by atoms with Crippen LogP contribution in [0.15, 0.2) is 42.5 Å². The zero-order valence-corrected chi connectivity index (χ0v) is 20.5. The van der Waals surface area contributed by atoms with Gasteiger partial charge in [-0.3, -0.25) is 9.59 Å². The molecule has 31 heavy (non-hydrogen) atoms. The van der Waals surface area contributed by atoms with Gasteiger partial charge in [0.25, 0.3) is 0 Å². The van der Waals surface area contributed by atoms with E-state index in [1.807, 2.05) is 45.9 Å². The molecule has 1 N–H and O–H groups in total. The minimum Gasteiger partial charge on any atom is -0.352 e. The first-order valence-electron chi connectivity index (χ1n) is 11.0. The van der Waals surface area contributed by atoms with E-state index < -0.39 is 6.04 Å². The van der Waals surface area contributed by atoms with Crippen LogP contribution in [0.4, 0.5) is 0 Å². The van der Waals surface area contributed by atoms with Gasteiger partial charge in [-0.1, -0.05) is 66.1 Å². The monoisotopic (exact) mass is 440 g/mol. The lowest BCUT2D eigenvalue weighted by molar-refractivity contribution is -0.138. The molecule has 0 saturated carbocycles. The lowest BCUT2D eigenvalue weighted by Gasteiger charge is -2.29. The molecule has 5 heteroatoms. The molecule has 0 saturated heterocycles. The summed E-state index contributed by atoms with van der Waals surface area (Å²) in [6.45, 7) is 12.5. The van der Waals surface area contributed by atoms with Crippen molar-refractivity contribution in [2.45, 2.75) is 72.3 Å². The highest BCUT2D eigenvalue weighted by molar-refractivity contribution is 7.99. The van der Waals surface area contributed by atoms with Gasteiger partial charge in [0, 0.05) is 18.3 Å². The number of carbonyl (C=O) groups is 2. The SMILES string of the molecule is CC[C@H](C)NC(=O)[C@@H](C)N(Cc1cccc(C)c1)C(=O)CSCc1cc(C)cc(C)c1. The van der Waals surface area contributed by atoms with Gasteiger partial charge in [0.1, 0.15) is 6.04 Å². The average Bonchev–Trinajstić information content (AvgIpc) is 2.70. The zero-order chi connectivity index (χ0) is 23.0. The molecule has 168 valence electrons. The maximum Gasteiger partial charge on any atom is 0.242 e. The first kappa shape index (κ1) is 25.0. The Bertz CT molecular complexity index is 876. The molecule has 2 aromatic carbocycles. The quantitative estimate of drug-likeness (QED) is 0.554. The minimum absolute atomic E-state index is 0.0114. The third kappa shape index (κ3) is 8.06. The molecule has 0 aromatic heterocycles. The molecular formula is C26H36N2O2S. The van der Waals surface area contributed by atoms with E-state index in [4.69, 9.17) is 0 Å². The number of hydrogen-bond donors (Lipinski definition) is 1. The van der Waals surface area contributed by atoms with Gasteiger partial charge in [-0.05, 0) is 52.2 Å². The van der Waals surface area contributed by atoms with Crippen LogP contribution in [0.5, 0.6) is 0 Å². The van der Waals surface area contributed by atoms with Gasteiger partial charge in [0.2, 0.25) is 11.8 Å². The standard InChI is InChI=1S/C26H36N2O2S/c1-7-21(5)27-26(30)22(6)28(15-23-10-8-9-18(2)12-23)25(29)17-31-16-24-13-19(3)11-20(4)14-24/h8-14,21-22H,7,15-17H2,1-6H3,(H,27,30)/t21-,22+/m0/s1. The number of carbonyl (C=O) groups excluding carboxylic acids is 2. The molecule has 2 atom stereocenters. The van der Waals surface area contributed by atoms with Crippen LogP contribution in [0.3, 0.4) is 0 Å². The fourth-order valence-electron chi connectivity index (χ4n) is 3.55. The van der Waals surface area contributed by atoms with Gasteiger partial charge in [0.15, 0.2) is 0 Å². The number of hydrogen-bond acceptors (Lipinski definition) is 3. The zero-order valence-electron chi connectivity index (χ0n) is 19.7. The van der Waals surface area contributed by atoms with Crippen LogP contribution in [-0.4, -0.2) is 34.6 Å². The third-order valence-electron chi connectivity index (χ3n) is 5.38. The molecule has 0 radical (unpaired) electrons. The van der Waals surface area contributed by atoms with Crippen molar-refractivity contribution in [3.05, 3.63) is 70.3 Å². The summed E-state index contributed by atoms with van der Waals surface area (Å²) >= 11 is 1.60. The summed E-state index contributed by atoms with van der Waals surface area (Å²) in [4.78, 5) is 27.7. The third-order valence-corrected chi connectivity index (χ3v) is 6.37. The van der Waals surface area contributed by atoms with Crippen LogP contribution in [0.1, 0.15) is 55.0 Å². The van der Waals surface area contributed by atoms with Gasteiger partial charge in [-0.2, -0.15) is 0 Å². The molecule has 0 fully saturated rings. The van der Waals surface area contributed by atoms with Gasteiger partial charge >= 0.3 is 0 Å². The van der Waals surface area contributed by atoms with Gasteiger partial charge in [-0.15, -0.1) is 11.8 Å². The Balaban J connectivity index is 2.09. The van der Waals surface area contributed by atoms with E-state index in [2.05, 4.69) is 43.4 Å². The Hall–Kier alpha value is -2.27. The largest absolute Gasteiger partial charge is 0.352 e. The number of amides is 2. The Labute approximate surface area is 191 Å². The fourth-order valence-corrected chi connectivity index (χ4v) is 4.39. The summed E-state index contributed by atoms with van der Waals surface area (Å²) in [6.07, 6.45) is 0.857. The number of nitrogens with one attached hydrogen (secondary N) is 1. The fraction of sp³-hybridized carbons (Fsp3) is 0.462. The van der Waals surface area contributed by atoms with E-state index >= 15 is 0 Å². The van der Waals surface area contributed by atoms with Gasteiger partial charge < -0.3 is 10.2 Å². The normalized spacial score (nSPS) is 12.8. The second kappa shape index (κ2) is 11.9. The van der Waals surface area contributed by atoms with Crippen LogP contribution >= 0.6 is 11.8 Å². The second-order valence-corrected chi connectivity index (χ2v) is 9.48. The summed E-state index contributed by atoms with van der Waals surface area (Å²) in [5.74, 6) is 1.01. The van der Waals surface area contributed by atoms with Crippen LogP contribution in [0.2, 0.25) is 0 Å². The molecule has 0 bridgehead atoms. The Morgan fingerprint density at radius 3 is 2.23 bits per heavy atom. The Morgan fingerprint density at radius 2 is 1.61 bits per heavy atom. The van der Waals surface area contributed by atoms with E-state index in [0.29, 0.717) is 12.3 Å². The van der Waals surface area contributed by atoms with E-state index in [1.54, 1.807) is 16.7 Å². The first-order chi connectivity index (χ1) is 14.7. The molecule has 2 aromatic rings. The van der Waals surface area contributed by atoms with Crippen molar-refractivity contribution in [2.24, 2.45) is 0 Å². The summed E-state index contributed by atoms with van der Waals surface area (Å²) < 4.78 is 0. The summed E-state index contributed by atoms with van der Waals surface area (Å²) in [6, 6.07) is 14.2. The lowest BCUT2D eigenvalue weighted by atomic mass is 10.1. The van der Waals surface area contributed by atoms with Crippen molar-refractivity contribution >= 4 is 23.6 Å². The predicted octanol–water partition coefficient (Wildman–Crippen LogP) is 5.18. The lowest BCUT2D eigenvalue weighted by Crippen LogP contribution is -2.50. The number of benzene rings is 2. The molecule has 0 spiro atoms. The second-order valence-electron chi connectivity index (χ2n) is 8.49. The van der Waals surface area contributed by atoms with E-state index in [1.165, 1.54) is 16.7 Å². The number of rotatable bonds is 10. The molecular weight excluding hydrogens is 404 g/mol. The number of nitrogens with zero attached hydrogens (tertiary/aromatic N) is 1. The number of aryl methyl sites for hydroxylation is 3. The maximum atomic E-state index is 13.2. The van der Waals surface area contributed by atoms with Crippen molar-refractivity contribution in [3.63, 3.8) is 0 Å². The summed E-state index contributed by atoms with van der Waals surface area (Å²) in [5, 5.41) is 3.02. The van der Waals surface area contributed by atoms with Crippen molar-refractivity contribution in [2.75, 3.05) is 5.75 Å². The average molecular weight is 441 g/mol. The van der Waals surface area contributed by atoms with Crippen molar-refractivity contribution in [1.82, 2.24) is 10.2 Å². The molecule has 0 aliphatic heterocycles. The number of thioether (sulfide) groups is 1. The molecule has 4 nitrogen and oxygen atoms in total. The van der Waals surface area contributed by atoms with Crippen LogP contribution in [0.25, 0.3) is 0 Å². The highest BCUT2D eigenvalue weighted by Gasteiger charge is 2.26. The van der Waals surface area contributed by atoms with E-state index in [0.717, 1.165) is 23.3 Å². The van der Waals surface area contributed by atoms with Gasteiger partial charge in [-0.25, -0.2) is 0 Å². The van der Waals surface area contributed by atoms with E-state index in [-0.39, 0.29) is 17.9 Å². The predicted molar refractivity (Wildman–Crippen MR) is 131 cm³/mol. The minimum atomic E-state index is -0.524. The summed E-state index contributed by atoms with van der Waals surface area (Å²) in [5.41, 5.74) is 5.88. The maximum absolute atomic E-state index is 13.2. The Kier molecular flexibility index (Phi) is 9.63. The van der Waals surface area contributed by atoms with Crippen LogP contribution in [-0.2, 0) is 21.9 Å². The van der Waals surface area contributed by atoms with Crippen molar-refractivity contribution in [3.8, 4) is 0 Å². The summed E-state index contributed by atoms with van der Waals surface area (Å²) in [7, 11) is 0. The highest BCUT2D eigenvalue weighted by atomic mass is 32.2. The molecule has 2 amide bonds. The molecule has 2 rings (SSSR count). The first-order valence-corrected chi connectivity index (χ1v) is 12.1. The van der Waals surface area contributed by atoms with Crippen LogP contribution < -0.4 is 5.32 Å². The van der Waals surface area contributed by atoms with E-state index in [9.17, 15) is 9.59 Å².